The number of hydrogen-bond donors (Lipinski definition) is 5. The molecule has 0 fully saturated rings. The number of hydrogen-bond acceptors (Lipinski definition) is 4. The van der Waals surface area contributed by atoms with Gasteiger partial charge in [-0.15, -0.1) is 0 Å². The molecule has 186 valence electrons. The molecule has 3 aromatic rings. The number of nitrogens with two attached hydrogens (primary N) is 1. The second-order valence-corrected chi connectivity index (χ2v) is 8.40. The number of nitrogens with one attached hydrogen (secondary N) is 4. The highest BCUT2D eigenvalue weighted by molar-refractivity contribution is 5.94. The van der Waals surface area contributed by atoms with E-state index in [9.17, 15) is 9.59 Å². The van der Waals surface area contributed by atoms with Gasteiger partial charge in [-0.05, 0) is 36.1 Å². The average Bonchev–Trinajstić information content (AvgIpc) is 2.91. The summed E-state index contributed by atoms with van der Waals surface area (Å²) in [5.74, 6) is -0.498. The van der Waals surface area contributed by atoms with E-state index >= 15 is 0 Å². The van der Waals surface area contributed by atoms with Crippen molar-refractivity contribution in [2.75, 3.05) is 13.1 Å². The van der Waals surface area contributed by atoms with E-state index < -0.39 is 6.04 Å². The van der Waals surface area contributed by atoms with E-state index in [4.69, 9.17) is 11.1 Å². The van der Waals surface area contributed by atoms with Crippen molar-refractivity contribution in [3.63, 3.8) is 0 Å². The molecule has 0 aromatic heterocycles. The number of carbonyl (C=O) groups is 2. The maximum absolute atomic E-state index is 12.9. The van der Waals surface area contributed by atoms with Crippen LogP contribution in [0.15, 0.2) is 91.0 Å². The quantitative estimate of drug-likeness (QED) is 0.190. The normalized spacial score (nSPS) is 11.7. The second-order valence-electron chi connectivity index (χ2n) is 8.40. The molecule has 36 heavy (non-hydrogen) atoms. The first-order valence-electron chi connectivity index (χ1n) is 12.0. The molecule has 0 aliphatic heterocycles. The van der Waals surface area contributed by atoms with Crippen molar-refractivity contribution in [3.8, 4) is 0 Å². The Hall–Kier alpha value is -4.23. The number of carbonyl (C=O) groups excluding carboxylic acids is 2. The van der Waals surface area contributed by atoms with Crippen LogP contribution in [0.2, 0.25) is 0 Å². The van der Waals surface area contributed by atoms with E-state index in [1.165, 1.54) is 5.56 Å². The van der Waals surface area contributed by atoms with Crippen LogP contribution in [-0.4, -0.2) is 36.8 Å². The fourth-order valence-electron chi connectivity index (χ4n) is 3.58. The maximum Gasteiger partial charge on any atom is 0.239 e. The van der Waals surface area contributed by atoms with Gasteiger partial charge in [0.1, 0.15) is 5.84 Å². The minimum Gasteiger partial charge on any atom is -0.384 e. The minimum atomic E-state index is -0.458. The predicted octanol–water partition coefficient (Wildman–Crippen LogP) is 3.01. The molecule has 0 aliphatic carbocycles. The van der Waals surface area contributed by atoms with Gasteiger partial charge in [-0.25, -0.2) is 0 Å². The number of benzene rings is 3. The smallest absolute Gasteiger partial charge is 0.239 e. The van der Waals surface area contributed by atoms with Gasteiger partial charge in [0.05, 0.1) is 12.6 Å². The van der Waals surface area contributed by atoms with E-state index in [0.29, 0.717) is 25.1 Å². The molecule has 3 aromatic carbocycles. The minimum absolute atomic E-state index is 0.00107. The molecule has 0 saturated heterocycles. The average molecular weight is 484 g/mol. The monoisotopic (exact) mass is 483 g/mol. The van der Waals surface area contributed by atoms with Gasteiger partial charge < -0.3 is 21.7 Å². The zero-order valence-corrected chi connectivity index (χ0v) is 20.2. The molecule has 7 heteroatoms. The van der Waals surface area contributed by atoms with Gasteiger partial charge in [0.25, 0.3) is 0 Å². The molecule has 6 N–H and O–H groups in total. The third-order valence-corrected chi connectivity index (χ3v) is 5.62. The van der Waals surface area contributed by atoms with Crippen molar-refractivity contribution in [1.29, 1.82) is 5.41 Å². The topological polar surface area (TPSA) is 120 Å². The molecular weight excluding hydrogens is 450 g/mol. The van der Waals surface area contributed by atoms with Crippen molar-refractivity contribution in [1.82, 2.24) is 16.0 Å². The Morgan fingerprint density at radius 2 is 1.53 bits per heavy atom. The van der Waals surface area contributed by atoms with Crippen LogP contribution in [-0.2, 0) is 22.6 Å². The zero-order valence-electron chi connectivity index (χ0n) is 20.2. The van der Waals surface area contributed by atoms with Gasteiger partial charge in [0.15, 0.2) is 0 Å². The first kappa shape index (κ1) is 26.4. The van der Waals surface area contributed by atoms with Gasteiger partial charge in [0, 0.05) is 12.1 Å². The first-order chi connectivity index (χ1) is 17.5. The van der Waals surface area contributed by atoms with Gasteiger partial charge >= 0.3 is 0 Å². The number of amidine groups is 1. The Morgan fingerprint density at radius 3 is 2.19 bits per heavy atom. The lowest BCUT2D eigenvalue weighted by atomic mass is 10.1. The van der Waals surface area contributed by atoms with Crippen LogP contribution < -0.4 is 21.7 Å². The summed E-state index contributed by atoms with van der Waals surface area (Å²) in [6, 6.07) is 26.6. The molecule has 0 heterocycles. The summed E-state index contributed by atoms with van der Waals surface area (Å²) in [5.41, 5.74) is 9.23. The van der Waals surface area contributed by atoms with E-state index in [0.717, 1.165) is 17.5 Å². The number of amides is 2. The van der Waals surface area contributed by atoms with E-state index in [2.05, 4.69) is 28.1 Å². The van der Waals surface area contributed by atoms with Crippen molar-refractivity contribution in [2.45, 2.75) is 25.4 Å². The fraction of sp³-hybridized carbons (Fsp3) is 0.207. The fourth-order valence-corrected chi connectivity index (χ4v) is 3.58. The molecule has 2 amide bonds. The summed E-state index contributed by atoms with van der Waals surface area (Å²) in [6.45, 7) is 0.860. The lowest BCUT2D eigenvalue weighted by Crippen LogP contribution is -2.47. The Morgan fingerprint density at radius 1 is 0.861 bits per heavy atom. The van der Waals surface area contributed by atoms with Crippen LogP contribution in [0.4, 0.5) is 0 Å². The van der Waals surface area contributed by atoms with Crippen molar-refractivity contribution in [2.24, 2.45) is 5.73 Å². The molecule has 0 unspecified atom stereocenters. The summed E-state index contributed by atoms with van der Waals surface area (Å²) in [6.07, 6.45) is 5.26. The maximum atomic E-state index is 12.9. The van der Waals surface area contributed by atoms with Crippen LogP contribution in [0.5, 0.6) is 0 Å². The lowest BCUT2D eigenvalue weighted by molar-refractivity contribution is -0.127. The first-order valence-corrected chi connectivity index (χ1v) is 12.0. The summed E-state index contributed by atoms with van der Waals surface area (Å²) in [5, 5.41) is 16.3. The van der Waals surface area contributed by atoms with Crippen molar-refractivity contribution >= 4 is 23.7 Å². The second kappa shape index (κ2) is 14.2. The van der Waals surface area contributed by atoms with Crippen LogP contribution in [0.25, 0.3) is 6.08 Å². The Labute approximate surface area is 212 Å². The molecular formula is C29H33N5O2. The summed E-state index contributed by atoms with van der Waals surface area (Å²) in [4.78, 5) is 25.2. The van der Waals surface area contributed by atoms with E-state index in [1.807, 2.05) is 60.7 Å². The molecule has 0 saturated carbocycles. The van der Waals surface area contributed by atoms with Crippen molar-refractivity contribution < 1.29 is 9.59 Å². The highest BCUT2D eigenvalue weighted by Crippen LogP contribution is 2.05. The van der Waals surface area contributed by atoms with Crippen LogP contribution in [0, 0.1) is 5.41 Å². The molecule has 3 rings (SSSR count). The highest BCUT2D eigenvalue weighted by Gasteiger charge is 2.17. The van der Waals surface area contributed by atoms with Crippen LogP contribution >= 0.6 is 0 Å². The number of nitrogen functional groups attached to an aromatic ring is 1. The SMILES string of the molecule is N=C(N)c1ccc(CNC(=O)CNC(=O)[C@@H](C/C=C/c2ccccc2)NCCc2ccccc2)cc1. The highest BCUT2D eigenvalue weighted by atomic mass is 16.2. The molecule has 1 atom stereocenters. The molecule has 0 bridgehead atoms. The van der Waals surface area contributed by atoms with Crippen LogP contribution in [0.1, 0.15) is 28.7 Å². The van der Waals surface area contributed by atoms with Gasteiger partial charge in [0.2, 0.25) is 11.8 Å². The molecule has 0 radical (unpaired) electrons. The Kier molecular flexibility index (Phi) is 10.4. The van der Waals surface area contributed by atoms with E-state index in [1.54, 1.807) is 24.3 Å². The lowest BCUT2D eigenvalue weighted by Gasteiger charge is -2.17. The number of rotatable bonds is 13. The standard InChI is InChI=1S/C29H33N5O2/c30-28(31)25-16-14-24(15-17-25)20-33-27(35)21-34-29(36)26(13-7-12-22-8-3-1-4-9-22)32-19-18-23-10-5-2-6-11-23/h1-12,14-17,26,32H,13,18-21H2,(H3,30,31)(H,33,35)(H,34,36)/b12-7+/t26-/m1/s1. The Balaban J connectivity index is 1.49. The largest absolute Gasteiger partial charge is 0.384 e. The summed E-state index contributed by atoms with van der Waals surface area (Å²) < 4.78 is 0. The summed E-state index contributed by atoms with van der Waals surface area (Å²) in [7, 11) is 0. The molecule has 7 nitrogen and oxygen atoms in total. The molecule has 0 aliphatic rings. The predicted molar refractivity (Wildman–Crippen MR) is 144 cm³/mol. The van der Waals surface area contributed by atoms with Gasteiger partial charge in [-0.2, -0.15) is 0 Å². The third kappa shape index (κ3) is 9.19. The van der Waals surface area contributed by atoms with Gasteiger partial charge in [-0.3, -0.25) is 15.0 Å². The van der Waals surface area contributed by atoms with E-state index in [-0.39, 0.29) is 24.2 Å². The summed E-state index contributed by atoms with van der Waals surface area (Å²) >= 11 is 0. The van der Waals surface area contributed by atoms with Crippen molar-refractivity contribution in [3.05, 3.63) is 113 Å². The zero-order chi connectivity index (χ0) is 25.6. The van der Waals surface area contributed by atoms with Gasteiger partial charge in [-0.1, -0.05) is 97.1 Å². The third-order valence-electron chi connectivity index (χ3n) is 5.62. The van der Waals surface area contributed by atoms with Crippen LogP contribution in [0.3, 0.4) is 0 Å². The Bertz CT molecular complexity index is 1150. The molecule has 0 spiro atoms.